The maximum atomic E-state index is 13.3. The van der Waals surface area contributed by atoms with E-state index in [1.807, 2.05) is 19.0 Å². The third kappa shape index (κ3) is 7.28. The number of benzene rings is 2. The number of nitrogens with zero attached hydrogens (tertiary/aromatic N) is 2. The molecule has 1 aliphatic rings. The van der Waals surface area contributed by atoms with E-state index < -0.39 is 27.7 Å². The number of alkyl halides is 3. The molecule has 0 bridgehead atoms. The van der Waals surface area contributed by atoms with Crippen molar-refractivity contribution < 1.29 is 26.4 Å². The van der Waals surface area contributed by atoms with Crippen molar-refractivity contribution in [3.63, 3.8) is 0 Å². The number of hydrogen-bond donors (Lipinski definition) is 1. The van der Waals surface area contributed by atoms with Gasteiger partial charge in [-0.15, -0.1) is 0 Å². The van der Waals surface area contributed by atoms with E-state index in [1.54, 1.807) is 0 Å². The van der Waals surface area contributed by atoms with Crippen LogP contribution in [0.4, 0.5) is 13.2 Å². The topological polar surface area (TPSA) is 69.7 Å². The number of rotatable bonds is 10. The van der Waals surface area contributed by atoms with Gasteiger partial charge in [-0.05, 0) is 68.8 Å². The largest absolute Gasteiger partial charge is 0.416 e. The second kappa shape index (κ2) is 10.2. The second-order valence-corrected chi connectivity index (χ2v) is 10.3. The molecule has 1 N–H and O–H groups in total. The van der Waals surface area contributed by atoms with Crippen molar-refractivity contribution in [1.29, 1.82) is 0 Å². The van der Waals surface area contributed by atoms with Gasteiger partial charge < -0.3 is 9.80 Å². The zero-order valence-corrected chi connectivity index (χ0v) is 19.4. The molecule has 0 saturated heterocycles. The van der Waals surface area contributed by atoms with Crippen molar-refractivity contribution >= 4 is 15.9 Å². The molecule has 1 aliphatic carbocycles. The fourth-order valence-electron chi connectivity index (χ4n) is 3.25. The van der Waals surface area contributed by atoms with Crippen molar-refractivity contribution in [1.82, 2.24) is 14.5 Å². The smallest absolute Gasteiger partial charge is 0.333 e. The molecule has 3 rings (SSSR count). The van der Waals surface area contributed by atoms with Gasteiger partial charge in [-0.1, -0.05) is 18.2 Å². The molecule has 0 unspecified atom stereocenters. The Balaban J connectivity index is 1.83. The summed E-state index contributed by atoms with van der Waals surface area (Å²) in [7, 11) is -0.108. The number of halogens is 3. The first-order chi connectivity index (χ1) is 15.5. The van der Waals surface area contributed by atoms with Crippen molar-refractivity contribution in [3.8, 4) is 0 Å². The quantitative estimate of drug-likeness (QED) is 0.561. The minimum Gasteiger partial charge on any atom is -0.333 e. The van der Waals surface area contributed by atoms with E-state index in [2.05, 4.69) is 4.72 Å². The van der Waals surface area contributed by atoms with Gasteiger partial charge in [0.2, 0.25) is 10.0 Å². The third-order valence-electron chi connectivity index (χ3n) is 5.38. The summed E-state index contributed by atoms with van der Waals surface area (Å²) in [6.45, 7) is 1.09. The Bertz CT molecular complexity index is 1080. The maximum absolute atomic E-state index is 13.3. The summed E-state index contributed by atoms with van der Waals surface area (Å²) in [5.41, 5.74) is -0.281. The van der Waals surface area contributed by atoms with Gasteiger partial charge in [0.05, 0.1) is 10.5 Å². The van der Waals surface area contributed by atoms with Crippen LogP contribution in [-0.4, -0.2) is 57.9 Å². The van der Waals surface area contributed by atoms with Crippen LogP contribution >= 0.6 is 0 Å². The number of hydrogen-bond acceptors (Lipinski definition) is 4. The van der Waals surface area contributed by atoms with E-state index in [0.717, 1.165) is 25.0 Å². The van der Waals surface area contributed by atoms with Gasteiger partial charge >= 0.3 is 6.18 Å². The average Bonchev–Trinajstić information content (AvgIpc) is 3.59. The van der Waals surface area contributed by atoms with Gasteiger partial charge in [-0.3, -0.25) is 4.79 Å². The molecule has 0 heterocycles. The van der Waals surface area contributed by atoms with Crippen LogP contribution in [0.5, 0.6) is 0 Å². The fraction of sp³-hybridized carbons (Fsp3) is 0.435. The summed E-state index contributed by atoms with van der Waals surface area (Å²) in [6.07, 6.45) is -2.49. The molecule has 1 amide bonds. The van der Waals surface area contributed by atoms with Gasteiger partial charge in [0.1, 0.15) is 0 Å². The molecule has 180 valence electrons. The normalized spacial score (nSPS) is 14.5. The van der Waals surface area contributed by atoms with E-state index in [-0.39, 0.29) is 23.5 Å². The highest BCUT2D eigenvalue weighted by molar-refractivity contribution is 7.89. The summed E-state index contributed by atoms with van der Waals surface area (Å²) in [4.78, 5) is 16.5. The molecule has 6 nitrogen and oxygen atoms in total. The number of carbonyl (C=O) groups excluding carboxylic acids is 1. The standard InChI is InChI=1S/C23H28F3N3O3S/c1-28(2)11-12-29(16-18-5-3-7-20(13-18)23(24,25)26)22(30)19-6-4-8-21(14-19)33(31,32)27-15-17-9-10-17/h3-8,13-14,17,27H,9-12,15-16H2,1-2H3. The highest BCUT2D eigenvalue weighted by atomic mass is 32.2. The summed E-state index contributed by atoms with van der Waals surface area (Å²) in [5.74, 6) is -0.0907. The van der Waals surface area contributed by atoms with E-state index in [1.165, 1.54) is 41.3 Å². The lowest BCUT2D eigenvalue weighted by molar-refractivity contribution is -0.137. The first kappa shape index (κ1) is 25.2. The highest BCUT2D eigenvalue weighted by Crippen LogP contribution is 2.30. The minimum absolute atomic E-state index is 0.0133. The summed E-state index contributed by atoms with van der Waals surface area (Å²) in [5, 5.41) is 0. The van der Waals surface area contributed by atoms with E-state index in [0.29, 0.717) is 24.6 Å². The van der Waals surface area contributed by atoms with Crippen LogP contribution in [0.25, 0.3) is 0 Å². The number of sulfonamides is 1. The van der Waals surface area contributed by atoms with Gasteiger partial charge in [0.15, 0.2) is 0 Å². The molecule has 10 heteroatoms. The molecular weight excluding hydrogens is 455 g/mol. The van der Waals surface area contributed by atoms with Crippen molar-refractivity contribution in [2.75, 3.05) is 33.7 Å². The molecular formula is C23H28F3N3O3S. The highest BCUT2D eigenvalue weighted by Gasteiger charge is 2.31. The molecule has 0 atom stereocenters. The SMILES string of the molecule is CN(C)CCN(Cc1cccc(C(F)(F)F)c1)C(=O)c1cccc(S(=O)(=O)NCC2CC2)c1. The predicted octanol–water partition coefficient (Wildman–Crippen LogP) is 3.60. The second-order valence-electron chi connectivity index (χ2n) is 8.55. The van der Waals surface area contributed by atoms with E-state index >= 15 is 0 Å². The van der Waals surface area contributed by atoms with E-state index in [4.69, 9.17) is 0 Å². The molecule has 1 fully saturated rings. The Labute approximate surface area is 192 Å². The van der Waals surface area contributed by atoms with Crippen molar-refractivity contribution in [2.24, 2.45) is 5.92 Å². The lowest BCUT2D eigenvalue weighted by Crippen LogP contribution is -2.36. The van der Waals surface area contributed by atoms with Crippen LogP contribution in [0.15, 0.2) is 53.4 Å². The zero-order valence-electron chi connectivity index (χ0n) is 18.6. The molecule has 0 aromatic heterocycles. The Hall–Kier alpha value is -2.43. The first-order valence-corrected chi connectivity index (χ1v) is 12.1. The third-order valence-corrected chi connectivity index (χ3v) is 6.80. The average molecular weight is 484 g/mol. The molecule has 0 radical (unpaired) electrons. The minimum atomic E-state index is -4.48. The van der Waals surface area contributed by atoms with Gasteiger partial charge in [0, 0.05) is 31.7 Å². The monoisotopic (exact) mass is 483 g/mol. The Morgan fingerprint density at radius 2 is 1.76 bits per heavy atom. The maximum Gasteiger partial charge on any atom is 0.416 e. The fourth-order valence-corrected chi connectivity index (χ4v) is 4.41. The lowest BCUT2D eigenvalue weighted by Gasteiger charge is -2.25. The molecule has 0 spiro atoms. The van der Waals surface area contributed by atoms with Gasteiger partial charge in [-0.2, -0.15) is 13.2 Å². The number of nitrogens with one attached hydrogen (secondary N) is 1. The van der Waals surface area contributed by atoms with Crippen LogP contribution < -0.4 is 4.72 Å². The van der Waals surface area contributed by atoms with Gasteiger partial charge in [-0.25, -0.2) is 13.1 Å². The summed E-state index contributed by atoms with van der Waals surface area (Å²) < 4.78 is 67.1. The van der Waals surface area contributed by atoms with Gasteiger partial charge in [0.25, 0.3) is 5.91 Å². The van der Waals surface area contributed by atoms with Crippen molar-refractivity contribution in [2.45, 2.75) is 30.5 Å². The Kier molecular flexibility index (Phi) is 7.81. The molecule has 0 aliphatic heterocycles. The van der Waals surface area contributed by atoms with Crippen LogP contribution in [-0.2, 0) is 22.7 Å². The van der Waals surface area contributed by atoms with Crippen LogP contribution in [0.3, 0.4) is 0 Å². The van der Waals surface area contributed by atoms with Crippen LogP contribution in [0.2, 0.25) is 0 Å². The number of amides is 1. The summed E-state index contributed by atoms with van der Waals surface area (Å²) >= 11 is 0. The van der Waals surface area contributed by atoms with Crippen LogP contribution in [0, 0.1) is 5.92 Å². The summed E-state index contributed by atoms with van der Waals surface area (Å²) in [6, 6.07) is 10.6. The Morgan fingerprint density at radius 1 is 1.06 bits per heavy atom. The van der Waals surface area contributed by atoms with Crippen molar-refractivity contribution in [3.05, 3.63) is 65.2 Å². The lowest BCUT2D eigenvalue weighted by atomic mass is 10.1. The Morgan fingerprint density at radius 3 is 2.39 bits per heavy atom. The number of carbonyl (C=O) groups is 1. The van der Waals surface area contributed by atoms with E-state index in [9.17, 15) is 26.4 Å². The molecule has 1 saturated carbocycles. The molecule has 2 aromatic carbocycles. The zero-order chi connectivity index (χ0) is 24.2. The number of likely N-dealkylation sites (N-methyl/N-ethyl adjacent to an activating group) is 1. The first-order valence-electron chi connectivity index (χ1n) is 10.7. The molecule has 33 heavy (non-hydrogen) atoms. The molecule has 2 aromatic rings. The van der Waals surface area contributed by atoms with Crippen LogP contribution in [0.1, 0.15) is 34.3 Å². The predicted molar refractivity (Wildman–Crippen MR) is 119 cm³/mol.